The molecule has 0 fully saturated rings. The number of nitrogens with zero attached hydrogens (tertiary/aromatic N) is 3. The molecule has 2 rings (SSSR count). The van der Waals surface area contributed by atoms with Crippen LogP contribution in [0.3, 0.4) is 0 Å². The van der Waals surface area contributed by atoms with Crippen LogP contribution in [0.5, 0.6) is 0 Å². The predicted molar refractivity (Wildman–Crippen MR) is 83.0 cm³/mol. The predicted octanol–water partition coefficient (Wildman–Crippen LogP) is 2.71. The molecule has 1 amide bonds. The highest BCUT2D eigenvalue weighted by molar-refractivity contribution is 5.92. The molecule has 1 N–H and O–H groups in total. The first-order valence-corrected chi connectivity index (χ1v) is 7.23. The summed E-state index contributed by atoms with van der Waals surface area (Å²) in [5.41, 5.74) is 1.29. The molecule has 0 atom stereocenters. The minimum absolute atomic E-state index is 0.114. The molecule has 0 aliphatic heterocycles. The third-order valence-corrected chi connectivity index (χ3v) is 3.32. The van der Waals surface area contributed by atoms with Crippen LogP contribution in [-0.4, -0.2) is 33.9 Å². The second kappa shape index (κ2) is 7.49. The van der Waals surface area contributed by atoms with Crippen molar-refractivity contribution in [1.29, 1.82) is 0 Å². The summed E-state index contributed by atoms with van der Waals surface area (Å²) in [6.07, 6.45) is 1.36. The molecule has 0 saturated carbocycles. The van der Waals surface area contributed by atoms with Gasteiger partial charge in [0.15, 0.2) is 0 Å². The molecule has 0 spiro atoms. The van der Waals surface area contributed by atoms with Crippen molar-refractivity contribution in [1.82, 2.24) is 14.9 Å². The van der Waals surface area contributed by atoms with Gasteiger partial charge in [-0.25, -0.2) is 14.4 Å². The zero-order valence-electron chi connectivity index (χ0n) is 12.7. The van der Waals surface area contributed by atoms with Crippen molar-refractivity contribution in [3.63, 3.8) is 0 Å². The van der Waals surface area contributed by atoms with Gasteiger partial charge in [0.1, 0.15) is 23.7 Å². The van der Waals surface area contributed by atoms with Crippen molar-refractivity contribution < 1.29 is 9.18 Å². The van der Waals surface area contributed by atoms with Gasteiger partial charge in [-0.2, -0.15) is 0 Å². The molecule has 5 nitrogen and oxygen atoms in total. The lowest BCUT2D eigenvalue weighted by Gasteiger charge is -2.18. The summed E-state index contributed by atoms with van der Waals surface area (Å²) in [4.78, 5) is 22.1. The Morgan fingerprint density at radius 1 is 1.18 bits per heavy atom. The Balaban J connectivity index is 2.05. The molecule has 1 aromatic heterocycles. The number of carbonyl (C=O) groups is 1. The number of nitrogens with one attached hydrogen (secondary N) is 1. The van der Waals surface area contributed by atoms with E-state index in [0.717, 1.165) is 5.56 Å². The maximum Gasteiger partial charge on any atom is 0.272 e. The van der Waals surface area contributed by atoms with Crippen molar-refractivity contribution in [2.75, 3.05) is 18.4 Å². The molecule has 0 aliphatic carbocycles. The van der Waals surface area contributed by atoms with Gasteiger partial charge in [0.2, 0.25) is 0 Å². The average Bonchev–Trinajstić information content (AvgIpc) is 2.55. The number of hydrogen-bond acceptors (Lipinski definition) is 4. The lowest BCUT2D eigenvalue weighted by molar-refractivity contribution is 0.0767. The minimum atomic E-state index is -0.266. The molecule has 0 aliphatic rings. The number of halogens is 1. The summed E-state index contributed by atoms with van der Waals surface area (Å²) in [7, 11) is 0. The van der Waals surface area contributed by atoms with Crippen LogP contribution in [0.2, 0.25) is 0 Å². The fourth-order valence-electron chi connectivity index (χ4n) is 2.04. The van der Waals surface area contributed by atoms with E-state index in [4.69, 9.17) is 0 Å². The summed E-state index contributed by atoms with van der Waals surface area (Å²) in [6.45, 7) is 5.62. The van der Waals surface area contributed by atoms with E-state index in [2.05, 4.69) is 15.3 Å². The fraction of sp³-hybridized carbons (Fsp3) is 0.312. The first kappa shape index (κ1) is 15.9. The molecule has 1 aromatic carbocycles. The van der Waals surface area contributed by atoms with Gasteiger partial charge >= 0.3 is 0 Å². The maximum atomic E-state index is 12.9. The van der Waals surface area contributed by atoms with Crippen LogP contribution >= 0.6 is 0 Å². The molecule has 116 valence electrons. The normalized spacial score (nSPS) is 10.3. The Labute approximate surface area is 129 Å². The van der Waals surface area contributed by atoms with Gasteiger partial charge < -0.3 is 10.2 Å². The Kier molecular flexibility index (Phi) is 5.41. The molecule has 2 aromatic rings. The van der Waals surface area contributed by atoms with E-state index in [-0.39, 0.29) is 11.7 Å². The number of carbonyl (C=O) groups excluding carboxylic acids is 1. The van der Waals surface area contributed by atoms with Gasteiger partial charge in [0.05, 0.1) is 0 Å². The van der Waals surface area contributed by atoms with Crippen molar-refractivity contribution in [3.05, 3.63) is 53.7 Å². The highest BCUT2D eigenvalue weighted by Crippen LogP contribution is 2.10. The van der Waals surface area contributed by atoms with E-state index >= 15 is 0 Å². The summed E-state index contributed by atoms with van der Waals surface area (Å²) in [5, 5.41) is 3.11. The monoisotopic (exact) mass is 302 g/mol. The molecule has 0 unspecified atom stereocenters. The van der Waals surface area contributed by atoms with Gasteiger partial charge in [-0.1, -0.05) is 12.1 Å². The quantitative estimate of drug-likeness (QED) is 0.891. The number of benzene rings is 1. The molecular formula is C16H19FN4O. The number of hydrogen-bond donors (Lipinski definition) is 1. The Morgan fingerprint density at radius 2 is 1.86 bits per heavy atom. The van der Waals surface area contributed by atoms with E-state index in [1.807, 2.05) is 13.8 Å². The number of aromatic nitrogens is 2. The molecule has 1 heterocycles. The SMILES string of the molecule is CCN(CC)C(=O)c1cc(NCc2ccc(F)cc2)ncn1. The fourth-order valence-corrected chi connectivity index (χ4v) is 2.04. The van der Waals surface area contributed by atoms with Crippen molar-refractivity contribution in [3.8, 4) is 0 Å². The van der Waals surface area contributed by atoms with Crippen LogP contribution in [0.4, 0.5) is 10.2 Å². The van der Waals surface area contributed by atoms with Crippen LogP contribution in [0.15, 0.2) is 36.7 Å². The third kappa shape index (κ3) is 4.00. The van der Waals surface area contributed by atoms with Gasteiger partial charge in [-0.3, -0.25) is 4.79 Å². The van der Waals surface area contributed by atoms with E-state index in [1.54, 1.807) is 23.1 Å². The highest BCUT2D eigenvalue weighted by atomic mass is 19.1. The standard InChI is InChI=1S/C16H19FN4O/c1-3-21(4-2)16(22)14-9-15(20-11-19-14)18-10-12-5-7-13(17)8-6-12/h5-9,11H,3-4,10H2,1-2H3,(H,18,19,20). The number of rotatable bonds is 6. The minimum Gasteiger partial charge on any atom is -0.366 e. The first-order valence-electron chi connectivity index (χ1n) is 7.23. The van der Waals surface area contributed by atoms with Crippen molar-refractivity contribution in [2.45, 2.75) is 20.4 Å². The average molecular weight is 302 g/mol. The zero-order chi connectivity index (χ0) is 15.9. The summed E-state index contributed by atoms with van der Waals surface area (Å²) in [6, 6.07) is 7.85. The molecular weight excluding hydrogens is 283 g/mol. The van der Waals surface area contributed by atoms with Gasteiger partial charge in [-0.15, -0.1) is 0 Å². The van der Waals surface area contributed by atoms with E-state index in [1.165, 1.54) is 18.5 Å². The summed E-state index contributed by atoms with van der Waals surface area (Å²) < 4.78 is 12.9. The topological polar surface area (TPSA) is 58.1 Å². The van der Waals surface area contributed by atoms with Crippen LogP contribution in [0, 0.1) is 5.82 Å². The van der Waals surface area contributed by atoms with Crippen molar-refractivity contribution in [2.24, 2.45) is 0 Å². The lowest BCUT2D eigenvalue weighted by atomic mass is 10.2. The number of anilines is 1. The van der Waals surface area contributed by atoms with Gasteiger partial charge in [-0.05, 0) is 31.5 Å². The second-order valence-electron chi connectivity index (χ2n) is 4.75. The molecule has 6 heteroatoms. The maximum absolute atomic E-state index is 12.9. The third-order valence-electron chi connectivity index (χ3n) is 3.32. The van der Waals surface area contributed by atoms with E-state index in [9.17, 15) is 9.18 Å². The van der Waals surface area contributed by atoms with Gasteiger partial charge in [0, 0.05) is 25.7 Å². The Hall–Kier alpha value is -2.50. The number of amides is 1. The molecule has 22 heavy (non-hydrogen) atoms. The van der Waals surface area contributed by atoms with Gasteiger partial charge in [0.25, 0.3) is 5.91 Å². The molecule has 0 bridgehead atoms. The van der Waals surface area contributed by atoms with Crippen LogP contribution in [0.1, 0.15) is 29.9 Å². The Bertz CT molecular complexity index is 626. The lowest BCUT2D eigenvalue weighted by Crippen LogP contribution is -2.31. The van der Waals surface area contributed by atoms with Crippen LogP contribution in [-0.2, 0) is 6.54 Å². The van der Waals surface area contributed by atoms with Crippen LogP contribution < -0.4 is 5.32 Å². The smallest absolute Gasteiger partial charge is 0.272 e. The molecule has 0 radical (unpaired) electrons. The van der Waals surface area contributed by atoms with E-state index in [0.29, 0.717) is 31.1 Å². The summed E-state index contributed by atoms with van der Waals surface area (Å²) >= 11 is 0. The highest BCUT2D eigenvalue weighted by Gasteiger charge is 2.14. The second-order valence-corrected chi connectivity index (χ2v) is 4.75. The van der Waals surface area contributed by atoms with E-state index < -0.39 is 0 Å². The zero-order valence-corrected chi connectivity index (χ0v) is 12.7. The largest absolute Gasteiger partial charge is 0.366 e. The van der Waals surface area contributed by atoms with Crippen molar-refractivity contribution >= 4 is 11.7 Å². The summed E-state index contributed by atoms with van der Waals surface area (Å²) in [5.74, 6) is 0.185. The first-order chi connectivity index (χ1) is 10.6. The molecule has 0 saturated heterocycles. The van der Waals surface area contributed by atoms with Crippen LogP contribution in [0.25, 0.3) is 0 Å². The Morgan fingerprint density at radius 3 is 2.50 bits per heavy atom.